The Kier molecular flexibility index (Phi) is 8.52. The number of likely N-dealkylation sites (N-methyl/N-ethyl adjacent to an activating group) is 1. The van der Waals surface area contributed by atoms with E-state index >= 15 is 0 Å². The van der Waals surface area contributed by atoms with E-state index in [0.29, 0.717) is 38.0 Å². The maximum atomic E-state index is 13.5. The number of aliphatic imine (C=N–C) groups is 1. The maximum absolute atomic E-state index is 13.5. The second-order valence-electron chi connectivity index (χ2n) is 8.79. The van der Waals surface area contributed by atoms with Gasteiger partial charge in [0.05, 0.1) is 21.4 Å². The highest BCUT2D eigenvalue weighted by molar-refractivity contribution is 7.80. The lowest BCUT2D eigenvalue weighted by Crippen LogP contribution is -2.47. The predicted molar refractivity (Wildman–Crippen MR) is 165 cm³/mol. The molecule has 0 fully saturated rings. The zero-order valence-electron chi connectivity index (χ0n) is 21.1. The second-order valence-corrected chi connectivity index (χ2v) is 10.4. The van der Waals surface area contributed by atoms with Gasteiger partial charge in [-0.3, -0.25) is 4.79 Å². The summed E-state index contributed by atoms with van der Waals surface area (Å²) in [5, 5.41) is 7.65. The number of carbonyl (C=O) groups excluding carboxylic acids is 1. The SMILES string of the molecule is CN1C(=O)C(NC(=S)Nc2ncccc2OCc2ccc(Cl)c(Cl)c2)N=C(c2ccccc2)c2cc(Cl)ccc21. The minimum Gasteiger partial charge on any atom is -0.485 e. The summed E-state index contributed by atoms with van der Waals surface area (Å²) in [7, 11) is 1.69. The molecule has 0 aliphatic carbocycles. The summed E-state index contributed by atoms with van der Waals surface area (Å²) in [6.07, 6.45) is 0.587. The lowest BCUT2D eigenvalue weighted by atomic mass is 10.0. The molecule has 2 N–H and O–H groups in total. The second kappa shape index (κ2) is 12.2. The van der Waals surface area contributed by atoms with Crippen molar-refractivity contribution in [3.63, 3.8) is 0 Å². The number of thiocarbonyl (C=S) groups is 1. The fourth-order valence-corrected chi connectivity index (χ4v) is 4.83. The molecule has 3 aromatic carbocycles. The van der Waals surface area contributed by atoms with Crippen molar-refractivity contribution in [3.8, 4) is 5.75 Å². The van der Waals surface area contributed by atoms with Gasteiger partial charge in [-0.15, -0.1) is 0 Å². The Morgan fingerprint density at radius 1 is 1.00 bits per heavy atom. The van der Waals surface area contributed by atoms with Crippen LogP contribution in [0.25, 0.3) is 0 Å². The molecule has 0 radical (unpaired) electrons. The number of fused-ring (bicyclic) bond motifs is 1. The molecule has 0 spiro atoms. The highest BCUT2D eigenvalue weighted by Crippen LogP contribution is 2.30. The van der Waals surface area contributed by atoms with Crippen LogP contribution in [0.2, 0.25) is 15.1 Å². The number of pyridine rings is 1. The molecule has 4 aromatic rings. The summed E-state index contributed by atoms with van der Waals surface area (Å²) >= 11 is 24.0. The van der Waals surface area contributed by atoms with Gasteiger partial charge in [0.15, 0.2) is 16.7 Å². The topological polar surface area (TPSA) is 78.9 Å². The minimum absolute atomic E-state index is 0.144. The van der Waals surface area contributed by atoms with Crippen LogP contribution in [0.5, 0.6) is 5.75 Å². The summed E-state index contributed by atoms with van der Waals surface area (Å²) in [6, 6.07) is 23.7. The molecule has 1 aliphatic heterocycles. The largest absolute Gasteiger partial charge is 0.485 e. The van der Waals surface area contributed by atoms with Crippen LogP contribution in [-0.4, -0.2) is 34.9 Å². The number of ether oxygens (including phenoxy) is 1. The van der Waals surface area contributed by atoms with Crippen molar-refractivity contribution in [2.24, 2.45) is 4.99 Å². The normalized spacial score (nSPS) is 14.6. The Bertz CT molecular complexity index is 1620. The number of benzene rings is 3. The summed E-state index contributed by atoms with van der Waals surface area (Å²) in [5.41, 5.74) is 3.70. The molecule has 1 aliphatic rings. The van der Waals surface area contributed by atoms with Gasteiger partial charge < -0.3 is 20.3 Å². The smallest absolute Gasteiger partial charge is 0.272 e. The van der Waals surface area contributed by atoms with Gasteiger partial charge in [-0.05, 0) is 60.2 Å². The molecular formula is C29H22Cl3N5O2S. The Labute approximate surface area is 251 Å². The summed E-state index contributed by atoms with van der Waals surface area (Å²) in [4.78, 5) is 24.2. The first kappa shape index (κ1) is 27.9. The Morgan fingerprint density at radius 2 is 1.80 bits per heavy atom. The third-order valence-corrected chi connectivity index (χ3v) is 7.29. The van der Waals surface area contributed by atoms with Gasteiger partial charge >= 0.3 is 0 Å². The zero-order chi connectivity index (χ0) is 28.2. The number of hydrogen-bond donors (Lipinski definition) is 2. The molecule has 1 aromatic heterocycles. The molecule has 1 amide bonds. The van der Waals surface area contributed by atoms with Crippen molar-refractivity contribution in [3.05, 3.63) is 117 Å². The first-order valence-electron chi connectivity index (χ1n) is 12.1. The fraction of sp³-hybridized carbons (Fsp3) is 0.103. The number of carbonyl (C=O) groups is 1. The van der Waals surface area contributed by atoms with Crippen molar-refractivity contribution >= 4 is 75.3 Å². The van der Waals surface area contributed by atoms with Crippen molar-refractivity contribution in [2.45, 2.75) is 12.8 Å². The molecule has 40 heavy (non-hydrogen) atoms. The van der Waals surface area contributed by atoms with E-state index in [1.807, 2.05) is 36.4 Å². The number of nitrogens with zero attached hydrogens (tertiary/aromatic N) is 3. The van der Waals surface area contributed by atoms with Crippen LogP contribution in [-0.2, 0) is 11.4 Å². The molecule has 2 heterocycles. The number of anilines is 2. The van der Waals surface area contributed by atoms with Gasteiger partial charge in [0.25, 0.3) is 5.91 Å². The van der Waals surface area contributed by atoms with Crippen LogP contribution in [0.1, 0.15) is 16.7 Å². The quantitative estimate of drug-likeness (QED) is 0.235. The van der Waals surface area contributed by atoms with E-state index < -0.39 is 6.17 Å². The first-order chi connectivity index (χ1) is 19.3. The molecule has 11 heteroatoms. The van der Waals surface area contributed by atoms with E-state index in [1.165, 1.54) is 4.90 Å². The number of hydrogen-bond acceptors (Lipinski definition) is 5. The standard InChI is InChI=1S/C29H22Cl3N5O2S/c1-37-23-12-10-19(30)15-20(23)25(18-6-3-2-4-7-18)34-27(28(37)38)36-29(40)35-26-24(8-5-13-33-26)39-16-17-9-11-21(31)22(32)14-17/h2-15,27H,16H2,1H3,(H2,33,35,36,40). The van der Waals surface area contributed by atoms with E-state index in [0.717, 1.165) is 16.7 Å². The molecular weight excluding hydrogens is 589 g/mol. The highest BCUT2D eigenvalue weighted by Gasteiger charge is 2.31. The maximum Gasteiger partial charge on any atom is 0.272 e. The lowest BCUT2D eigenvalue weighted by Gasteiger charge is -2.22. The third-order valence-electron chi connectivity index (χ3n) is 6.09. The number of aromatic nitrogens is 1. The van der Waals surface area contributed by atoms with Crippen molar-refractivity contribution in [2.75, 3.05) is 17.3 Å². The fourth-order valence-electron chi connectivity index (χ4n) is 4.13. The minimum atomic E-state index is -1.02. The molecule has 1 unspecified atom stereocenters. The van der Waals surface area contributed by atoms with Crippen LogP contribution in [0.3, 0.4) is 0 Å². The van der Waals surface area contributed by atoms with Crippen LogP contribution < -0.4 is 20.3 Å². The predicted octanol–water partition coefficient (Wildman–Crippen LogP) is 6.75. The summed E-state index contributed by atoms with van der Waals surface area (Å²) < 4.78 is 5.97. The van der Waals surface area contributed by atoms with Crippen LogP contribution in [0.4, 0.5) is 11.5 Å². The average molecular weight is 611 g/mol. The van der Waals surface area contributed by atoms with Gasteiger partial charge in [-0.1, -0.05) is 71.2 Å². The van der Waals surface area contributed by atoms with Crippen molar-refractivity contribution in [1.82, 2.24) is 10.3 Å². The van der Waals surface area contributed by atoms with Crippen molar-refractivity contribution < 1.29 is 9.53 Å². The molecule has 202 valence electrons. The molecule has 0 bridgehead atoms. The molecule has 1 atom stereocenters. The summed E-state index contributed by atoms with van der Waals surface area (Å²) in [6.45, 7) is 0.231. The third kappa shape index (κ3) is 6.21. The van der Waals surface area contributed by atoms with Gasteiger partial charge in [0.1, 0.15) is 6.61 Å². The first-order valence-corrected chi connectivity index (χ1v) is 13.6. The Hall–Kier alpha value is -3.69. The van der Waals surface area contributed by atoms with Crippen LogP contribution in [0, 0.1) is 0 Å². The molecule has 0 saturated carbocycles. The lowest BCUT2D eigenvalue weighted by molar-refractivity contribution is -0.119. The highest BCUT2D eigenvalue weighted by atomic mass is 35.5. The number of amides is 1. The van der Waals surface area contributed by atoms with Crippen LogP contribution >= 0.6 is 47.0 Å². The van der Waals surface area contributed by atoms with E-state index in [9.17, 15) is 4.79 Å². The molecule has 5 rings (SSSR count). The van der Waals surface area contributed by atoms with Gasteiger partial charge in [-0.2, -0.15) is 0 Å². The van der Waals surface area contributed by atoms with Crippen LogP contribution in [0.15, 0.2) is 90.1 Å². The van der Waals surface area contributed by atoms with Crippen molar-refractivity contribution in [1.29, 1.82) is 0 Å². The molecule has 7 nitrogen and oxygen atoms in total. The van der Waals surface area contributed by atoms with E-state index in [2.05, 4.69) is 15.6 Å². The van der Waals surface area contributed by atoms with E-state index in [-0.39, 0.29) is 17.6 Å². The zero-order valence-corrected chi connectivity index (χ0v) is 24.2. The monoisotopic (exact) mass is 609 g/mol. The number of nitrogens with one attached hydrogen (secondary N) is 2. The Balaban J connectivity index is 1.38. The Morgan fingerprint density at radius 3 is 2.58 bits per heavy atom. The number of benzodiazepines with no additional fused rings is 1. The molecule has 0 saturated heterocycles. The van der Waals surface area contributed by atoms with Gasteiger partial charge in [0.2, 0.25) is 6.17 Å². The number of halogens is 3. The number of rotatable bonds is 6. The van der Waals surface area contributed by atoms with E-state index in [4.69, 9.17) is 56.7 Å². The van der Waals surface area contributed by atoms with E-state index in [1.54, 1.807) is 55.7 Å². The van der Waals surface area contributed by atoms with Gasteiger partial charge in [-0.25, -0.2) is 9.98 Å². The average Bonchev–Trinajstić information content (AvgIpc) is 3.05. The van der Waals surface area contributed by atoms with Gasteiger partial charge in [0, 0.05) is 29.4 Å². The summed E-state index contributed by atoms with van der Waals surface area (Å²) in [5.74, 6) is 0.533.